The fraction of sp³-hybridized carbons (Fsp3) is 0. The zero-order chi connectivity index (χ0) is 13.8. The SMILES string of the molecule is O=C(Nc1ccncc1)c1cn(-c2ccccc2)nn1. The molecule has 0 saturated heterocycles. The fourth-order valence-electron chi connectivity index (χ4n) is 1.71. The van der Waals surface area contributed by atoms with Crippen molar-refractivity contribution >= 4 is 11.6 Å². The Bertz CT molecular complexity index is 709. The van der Waals surface area contributed by atoms with Crippen LogP contribution in [-0.2, 0) is 0 Å². The molecule has 6 heteroatoms. The zero-order valence-corrected chi connectivity index (χ0v) is 10.5. The van der Waals surface area contributed by atoms with Crippen molar-refractivity contribution in [3.8, 4) is 5.69 Å². The normalized spacial score (nSPS) is 10.2. The predicted molar refractivity (Wildman–Crippen MR) is 73.5 cm³/mol. The number of para-hydroxylation sites is 1. The Morgan fingerprint density at radius 3 is 2.55 bits per heavy atom. The van der Waals surface area contributed by atoms with Crippen LogP contribution in [0.2, 0.25) is 0 Å². The quantitative estimate of drug-likeness (QED) is 0.785. The molecule has 0 saturated carbocycles. The van der Waals surface area contributed by atoms with Gasteiger partial charge in [0.15, 0.2) is 5.69 Å². The molecule has 6 nitrogen and oxygen atoms in total. The zero-order valence-electron chi connectivity index (χ0n) is 10.5. The number of carbonyl (C=O) groups excluding carboxylic acids is 1. The summed E-state index contributed by atoms with van der Waals surface area (Å²) in [5.74, 6) is -0.307. The van der Waals surface area contributed by atoms with Gasteiger partial charge < -0.3 is 5.32 Å². The van der Waals surface area contributed by atoms with Crippen LogP contribution in [0.5, 0.6) is 0 Å². The van der Waals surface area contributed by atoms with Gasteiger partial charge >= 0.3 is 0 Å². The van der Waals surface area contributed by atoms with Gasteiger partial charge in [-0.15, -0.1) is 5.10 Å². The Labute approximate surface area is 115 Å². The number of pyridine rings is 1. The van der Waals surface area contributed by atoms with Gasteiger partial charge in [-0.05, 0) is 24.3 Å². The second-order valence-corrected chi connectivity index (χ2v) is 4.07. The Kier molecular flexibility index (Phi) is 3.20. The minimum Gasteiger partial charge on any atom is -0.320 e. The first kappa shape index (κ1) is 12.0. The third kappa shape index (κ3) is 2.54. The summed E-state index contributed by atoms with van der Waals surface area (Å²) in [5.41, 5.74) is 1.77. The maximum Gasteiger partial charge on any atom is 0.277 e. The van der Waals surface area contributed by atoms with E-state index < -0.39 is 0 Å². The van der Waals surface area contributed by atoms with Gasteiger partial charge in [0.1, 0.15) is 0 Å². The van der Waals surface area contributed by atoms with Gasteiger partial charge in [0.05, 0.1) is 11.9 Å². The monoisotopic (exact) mass is 265 g/mol. The fourth-order valence-corrected chi connectivity index (χ4v) is 1.71. The Balaban J connectivity index is 1.79. The summed E-state index contributed by atoms with van der Waals surface area (Å²) >= 11 is 0. The lowest BCUT2D eigenvalue weighted by Crippen LogP contribution is -2.12. The van der Waals surface area contributed by atoms with Crippen molar-refractivity contribution in [2.24, 2.45) is 0 Å². The number of amides is 1. The Morgan fingerprint density at radius 2 is 1.80 bits per heavy atom. The van der Waals surface area contributed by atoms with E-state index in [9.17, 15) is 4.79 Å². The number of nitrogens with one attached hydrogen (secondary N) is 1. The van der Waals surface area contributed by atoms with Crippen LogP contribution in [0.4, 0.5) is 5.69 Å². The molecule has 0 spiro atoms. The predicted octanol–water partition coefficient (Wildman–Crippen LogP) is 1.91. The summed E-state index contributed by atoms with van der Waals surface area (Å²) in [6.45, 7) is 0. The third-order valence-corrected chi connectivity index (χ3v) is 2.68. The highest BCUT2D eigenvalue weighted by Gasteiger charge is 2.11. The highest BCUT2D eigenvalue weighted by Crippen LogP contribution is 2.08. The van der Waals surface area contributed by atoms with Crippen LogP contribution in [0.25, 0.3) is 5.69 Å². The number of hydrogen-bond acceptors (Lipinski definition) is 4. The topological polar surface area (TPSA) is 72.7 Å². The first-order chi connectivity index (χ1) is 9.83. The lowest BCUT2D eigenvalue weighted by Gasteiger charge is -2.01. The first-order valence-electron chi connectivity index (χ1n) is 6.02. The Hall–Kier alpha value is -3.02. The van der Waals surface area contributed by atoms with Crippen LogP contribution >= 0.6 is 0 Å². The average Bonchev–Trinajstić information content (AvgIpc) is 2.99. The maximum atomic E-state index is 12.0. The molecular formula is C14H11N5O. The van der Waals surface area contributed by atoms with Gasteiger partial charge in [-0.25, -0.2) is 4.68 Å². The number of aromatic nitrogens is 4. The number of rotatable bonds is 3. The lowest BCUT2D eigenvalue weighted by molar-refractivity contribution is 0.102. The van der Waals surface area contributed by atoms with Crippen LogP contribution in [0.1, 0.15) is 10.5 Å². The standard InChI is InChI=1S/C14H11N5O/c20-14(16-11-6-8-15-9-7-11)13-10-19(18-17-13)12-4-2-1-3-5-12/h1-10H,(H,15,16,20). The molecule has 0 atom stereocenters. The average molecular weight is 265 g/mol. The largest absolute Gasteiger partial charge is 0.320 e. The molecule has 2 heterocycles. The number of nitrogens with zero attached hydrogens (tertiary/aromatic N) is 4. The van der Waals surface area contributed by atoms with Crippen LogP contribution < -0.4 is 5.32 Å². The van der Waals surface area contributed by atoms with Crippen LogP contribution in [-0.4, -0.2) is 25.9 Å². The second kappa shape index (κ2) is 5.31. The number of carbonyl (C=O) groups is 1. The minimum absolute atomic E-state index is 0.255. The van der Waals surface area contributed by atoms with E-state index in [-0.39, 0.29) is 11.6 Å². The molecule has 0 unspecified atom stereocenters. The number of benzene rings is 1. The van der Waals surface area contributed by atoms with Gasteiger partial charge in [-0.1, -0.05) is 23.4 Å². The van der Waals surface area contributed by atoms with Crippen molar-refractivity contribution in [3.05, 3.63) is 66.7 Å². The summed E-state index contributed by atoms with van der Waals surface area (Å²) in [4.78, 5) is 15.9. The van der Waals surface area contributed by atoms with Crippen molar-refractivity contribution in [1.82, 2.24) is 20.0 Å². The van der Waals surface area contributed by atoms with E-state index in [2.05, 4.69) is 20.6 Å². The van der Waals surface area contributed by atoms with Gasteiger partial charge in [0.2, 0.25) is 0 Å². The molecule has 0 fully saturated rings. The molecule has 20 heavy (non-hydrogen) atoms. The summed E-state index contributed by atoms with van der Waals surface area (Å²) in [6, 6.07) is 12.9. The molecule has 3 rings (SSSR count). The van der Waals surface area contributed by atoms with E-state index in [1.165, 1.54) is 0 Å². The van der Waals surface area contributed by atoms with Crippen molar-refractivity contribution in [3.63, 3.8) is 0 Å². The van der Waals surface area contributed by atoms with E-state index in [4.69, 9.17) is 0 Å². The molecule has 1 N–H and O–H groups in total. The summed E-state index contributed by atoms with van der Waals surface area (Å²) in [7, 11) is 0. The van der Waals surface area contributed by atoms with Crippen LogP contribution in [0, 0.1) is 0 Å². The van der Waals surface area contributed by atoms with Gasteiger partial charge in [-0.3, -0.25) is 9.78 Å². The second-order valence-electron chi connectivity index (χ2n) is 4.07. The van der Waals surface area contributed by atoms with Gasteiger partial charge in [0, 0.05) is 18.1 Å². The summed E-state index contributed by atoms with van der Waals surface area (Å²) in [5, 5.41) is 10.5. The van der Waals surface area contributed by atoms with Crippen molar-refractivity contribution in [1.29, 1.82) is 0 Å². The minimum atomic E-state index is -0.307. The summed E-state index contributed by atoms with van der Waals surface area (Å²) in [6.07, 6.45) is 4.80. The van der Waals surface area contributed by atoms with Crippen LogP contribution in [0.3, 0.4) is 0 Å². The molecule has 0 aliphatic carbocycles. The van der Waals surface area contributed by atoms with Crippen molar-refractivity contribution < 1.29 is 4.79 Å². The Morgan fingerprint density at radius 1 is 1.05 bits per heavy atom. The molecule has 0 radical (unpaired) electrons. The molecule has 98 valence electrons. The van der Waals surface area contributed by atoms with Gasteiger partial charge in [0.25, 0.3) is 5.91 Å². The maximum absolute atomic E-state index is 12.0. The van der Waals surface area contributed by atoms with E-state index in [1.54, 1.807) is 35.4 Å². The molecule has 1 amide bonds. The van der Waals surface area contributed by atoms with Crippen molar-refractivity contribution in [2.75, 3.05) is 5.32 Å². The van der Waals surface area contributed by atoms with E-state index in [0.29, 0.717) is 5.69 Å². The van der Waals surface area contributed by atoms with E-state index in [0.717, 1.165) is 5.69 Å². The first-order valence-corrected chi connectivity index (χ1v) is 6.02. The molecule has 0 aliphatic rings. The van der Waals surface area contributed by atoms with Gasteiger partial charge in [-0.2, -0.15) is 0 Å². The van der Waals surface area contributed by atoms with E-state index >= 15 is 0 Å². The van der Waals surface area contributed by atoms with Crippen LogP contribution in [0.15, 0.2) is 61.1 Å². The lowest BCUT2D eigenvalue weighted by atomic mass is 10.3. The smallest absolute Gasteiger partial charge is 0.277 e. The number of anilines is 1. The van der Waals surface area contributed by atoms with Crippen molar-refractivity contribution in [2.45, 2.75) is 0 Å². The molecule has 1 aromatic carbocycles. The highest BCUT2D eigenvalue weighted by atomic mass is 16.2. The van der Waals surface area contributed by atoms with E-state index in [1.807, 2.05) is 30.3 Å². The third-order valence-electron chi connectivity index (χ3n) is 2.68. The number of hydrogen-bond donors (Lipinski definition) is 1. The summed E-state index contributed by atoms with van der Waals surface area (Å²) < 4.78 is 1.56. The molecule has 3 aromatic rings. The molecule has 0 aliphatic heterocycles. The molecular weight excluding hydrogens is 254 g/mol. The molecule has 0 bridgehead atoms. The molecule has 2 aromatic heterocycles. The highest BCUT2D eigenvalue weighted by molar-refractivity contribution is 6.02.